The molecule has 1 aliphatic rings. The second kappa shape index (κ2) is 9.48. The van der Waals surface area contributed by atoms with E-state index < -0.39 is 10.8 Å². The molecule has 0 spiro atoms. The number of nitrogens with one attached hydrogen (secondary N) is 1. The van der Waals surface area contributed by atoms with Crippen LogP contribution in [0.15, 0.2) is 42.5 Å². The summed E-state index contributed by atoms with van der Waals surface area (Å²) in [7, 11) is 0. The third-order valence-corrected chi connectivity index (χ3v) is 6.12. The highest BCUT2D eigenvalue weighted by molar-refractivity contribution is 6.07. The monoisotopic (exact) mass is 435 g/mol. The van der Waals surface area contributed by atoms with E-state index in [0.717, 1.165) is 55.4 Å². The van der Waals surface area contributed by atoms with Crippen molar-refractivity contribution in [3.63, 3.8) is 0 Å². The molecule has 8 heteroatoms. The SMILES string of the molecule is CCCn1c(CN2CCC(C)CC2)nc2cc(NC(=O)c3ccccc3[N+](=O)[O-])ccc21. The number of rotatable bonds is 7. The molecule has 0 saturated carbocycles. The van der Waals surface area contributed by atoms with E-state index in [1.54, 1.807) is 12.1 Å². The van der Waals surface area contributed by atoms with Gasteiger partial charge in [-0.2, -0.15) is 0 Å². The summed E-state index contributed by atoms with van der Waals surface area (Å²) in [6.07, 6.45) is 3.44. The van der Waals surface area contributed by atoms with E-state index >= 15 is 0 Å². The average molecular weight is 436 g/mol. The van der Waals surface area contributed by atoms with E-state index in [0.29, 0.717) is 5.69 Å². The predicted octanol–water partition coefficient (Wildman–Crippen LogP) is 4.84. The molecule has 168 valence electrons. The number of nitro groups is 1. The molecule has 1 N–H and O–H groups in total. The van der Waals surface area contributed by atoms with Crippen LogP contribution in [0.1, 0.15) is 49.3 Å². The third-order valence-electron chi connectivity index (χ3n) is 6.12. The van der Waals surface area contributed by atoms with Crippen LogP contribution in [0.2, 0.25) is 0 Å². The summed E-state index contributed by atoms with van der Waals surface area (Å²) in [6, 6.07) is 11.6. The molecule has 8 nitrogen and oxygen atoms in total. The van der Waals surface area contributed by atoms with Crippen molar-refractivity contribution >= 4 is 28.3 Å². The number of aromatic nitrogens is 2. The summed E-state index contributed by atoms with van der Waals surface area (Å²) in [6.45, 7) is 8.35. The maximum Gasteiger partial charge on any atom is 0.282 e. The van der Waals surface area contributed by atoms with Gasteiger partial charge in [-0.15, -0.1) is 0 Å². The molecule has 3 aromatic rings. The zero-order valence-corrected chi connectivity index (χ0v) is 18.6. The number of hydrogen-bond donors (Lipinski definition) is 1. The largest absolute Gasteiger partial charge is 0.327 e. The first kappa shape index (κ1) is 22.0. The number of carbonyl (C=O) groups is 1. The number of nitrogens with zero attached hydrogens (tertiary/aromatic N) is 4. The van der Waals surface area contributed by atoms with Crippen molar-refractivity contribution in [1.82, 2.24) is 14.5 Å². The Morgan fingerprint density at radius 2 is 1.97 bits per heavy atom. The fourth-order valence-corrected chi connectivity index (χ4v) is 4.29. The van der Waals surface area contributed by atoms with Gasteiger partial charge in [0.2, 0.25) is 0 Å². The van der Waals surface area contributed by atoms with Gasteiger partial charge in [-0.05, 0) is 62.5 Å². The normalized spacial score (nSPS) is 15.2. The fourth-order valence-electron chi connectivity index (χ4n) is 4.29. The Morgan fingerprint density at radius 1 is 1.22 bits per heavy atom. The summed E-state index contributed by atoms with van der Waals surface area (Å²) in [4.78, 5) is 30.7. The summed E-state index contributed by atoms with van der Waals surface area (Å²) in [5.74, 6) is 1.32. The van der Waals surface area contributed by atoms with Crippen molar-refractivity contribution in [2.45, 2.75) is 46.2 Å². The lowest BCUT2D eigenvalue weighted by Gasteiger charge is -2.29. The molecule has 0 bridgehead atoms. The number of likely N-dealkylation sites (tertiary alicyclic amines) is 1. The van der Waals surface area contributed by atoms with Crippen LogP contribution in [0, 0.1) is 16.0 Å². The molecule has 32 heavy (non-hydrogen) atoms. The summed E-state index contributed by atoms with van der Waals surface area (Å²) < 4.78 is 2.26. The molecule has 0 aliphatic carbocycles. The Balaban J connectivity index is 1.58. The van der Waals surface area contributed by atoms with Crippen molar-refractivity contribution in [1.29, 1.82) is 0 Å². The molecule has 0 radical (unpaired) electrons. The molecule has 4 rings (SSSR count). The highest BCUT2D eigenvalue weighted by Gasteiger charge is 2.21. The number of aryl methyl sites for hydroxylation is 1. The van der Waals surface area contributed by atoms with Gasteiger partial charge in [-0.1, -0.05) is 26.0 Å². The van der Waals surface area contributed by atoms with Crippen LogP contribution in [-0.4, -0.2) is 38.4 Å². The van der Waals surface area contributed by atoms with Gasteiger partial charge in [-0.25, -0.2) is 4.98 Å². The lowest BCUT2D eigenvalue weighted by molar-refractivity contribution is -0.385. The smallest absolute Gasteiger partial charge is 0.282 e. The topological polar surface area (TPSA) is 93.3 Å². The first-order valence-electron chi connectivity index (χ1n) is 11.2. The van der Waals surface area contributed by atoms with Crippen molar-refractivity contribution in [2.75, 3.05) is 18.4 Å². The molecular formula is C24H29N5O3. The average Bonchev–Trinajstić information content (AvgIpc) is 3.11. The number of imidazole rings is 1. The highest BCUT2D eigenvalue weighted by Crippen LogP contribution is 2.25. The first-order valence-corrected chi connectivity index (χ1v) is 11.2. The molecule has 1 aromatic heterocycles. The van der Waals surface area contributed by atoms with Crippen molar-refractivity contribution < 1.29 is 9.72 Å². The Bertz CT molecular complexity index is 1130. The summed E-state index contributed by atoms with van der Waals surface area (Å²) in [5.41, 5.74) is 2.25. The molecule has 1 aliphatic heterocycles. The van der Waals surface area contributed by atoms with Gasteiger partial charge in [0.05, 0.1) is 22.5 Å². The van der Waals surface area contributed by atoms with E-state index in [9.17, 15) is 14.9 Å². The molecule has 2 heterocycles. The number of nitro benzene ring substituents is 1. The Labute approximate surface area is 187 Å². The van der Waals surface area contributed by atoms with Crippen LogP contribution < -0.4 is 5.32 Å². The summed E-state index contributed by atoms with van der Waals surface area (Å²) in [5, 5.41) is 14.0. The number of amides is 1. The number of benzene rings is 2. The van der Waals surface area contributed by atoms with E-state index in [4.69, 9.17) is 4.98 Å². The van der Waals surface area contributed by atoms with Gasteiger partial charge >= 0.3 is 0 Å². The van der Waals surface area contributed by atoms with Crippen molar-refractivity contribution in [2.24, 2.45) is 5.92 Å². The van der Waals surface area contributed by atoms with Crippen molar-refractivity contribution in [3.8, 4) is 0 Å². The van der Waals surface area contributed by atoms with Crippen LogP contribution in [-0.2, 0) is 13.1 Å². The first-order chi connectivity index (χ1) is 15.5. The Morgan fingerprint density at radius 3 is 2.69 bits per heavy atom. The lowest BCUT2D eigenvalue weighted by atomic mass is 9.99. The zero-order valence-electron chi connectivity index (χ0n) is 18.6. The molecular weight excluding hydrogens is 406 g/mol. The number of carbonyl (C=O) groups excluding carboxylic acids is 1. The van der Waals surface area contributed by atoms with Crippen molar-refractivity contribution in [3.05, 3.63) is 64.0 Å². The molecule has 0 atom stereocenters. The second-order valence-corrected chi connectivity index (χ2v) is 8.57. The number of fused-ring (bicyclic) bond motifs is 1. The predicted molar refractivity (Wildman–Crippen MR) is 125 cm³/mol. The molecule has 2 aromatic carbocycles. The summed E-state index contributed by atoms with van der Waals surface area (Å²) >= 11 is 0. The van der Waals surface area contributed by atoms with Gasteiger partial charge in [-0.3, -0.25) is 19.8 Å². The van der Waals surface area contributed by atoms with Crippen LogP contribution in [0.3, 0.4) is 0 Å². The standard InChI is InChI=1S/C24H29N5O3/c1-3-12-28-22-9-8-18(25-24(30)19-6-4-5-7-21(19)29(31)32)15-20(22)26-23(28)16-27-13-10-17(2)11-14-27/h4-9,15,17H,3,10-14,16H2,1-2H3,(H,25,30). The minimum Gasteiger partial charge on any atom is -0.327 e. The number of piperidine rings is 1. The van der Waals surface area contributed by atoms with Gasteiger partial charge in [0.1, 0.15) is 11.4 Å². The third kappa shape index (κ3) is 4.65. The number of para-hydroxylation sites is 1. The number of hydrogen-bond acceptors (Lipinski definition) is 5. The van der Waals surface area contributed by atoms with Crippen LogP contribution in [0.5, 0.6) is 0 Å². The van der Waals surface area contributed by atoms with Gasteiger partial charge in [0.15, 0.2) is 0 Å². The van der Waals surface area contributed by atoms with E-state index in [2.05, 4.69) is 28.6 Å². The molecule has 1 saturated heterocycles. The number of anilines is 1. The van der Waals surface area contributed by atoms with E-state index in [1.165, 1.54) is 25.0 Å². The molecule has 0 unspecified atom stereocenters. The lowest BCUT2D eigenvalue weighted by Crippen LogP contribution is -2.33. The molecule has 1 fully saturated rings. The van der Waals surface area contributed by atoms with Gasteiger partial charge < -0.3 is 9.88 Å². The van der Waals surface area contributed by atoms with Gasteiger partial charge in [0.25, 0.3) is 11.6 Å². The van der Waals surface area contributed by atoms with Crippen LogP contribution in [0.4, 0.5) is 11.4 Å². The molecule has 1 amide bonds. The fraction of sp³-hybridized carbons (Fsp3) is 0.417. The minimum atomic E-state index is -0.544. The maximum atomic E-state index is 12.7. The van der Waals surface area contributed by atoms with E-state index in [-0.39, 0.29) is 11.3 Å². The quantitative estimate of drug-likeness (QED) is 0.423. The zero-order chi connectivity index (χ0) is 22.7. The highest BCUT2D eigenvalue weighted by atomic mass is 16.6. The van der Waals surface area contributed by atoms with Crippen LogP contribution in [0.25, 0.3) is 11.0 Å². The van der Waals surface area contributed by atoms with E-state index in [1.807, 2.05) is 18.2 Å². The Kier molecular flexibility index (Phi) is 6.50. The van der Waals surface area contributed by atoms with Crippen LogP contribution >= 0.6 is 0 Å². The second-order valence-electron chi connectivity index (χ2n) is 8.57. The van der Waals surface area contributed by atoms with Gasteiger partial charge in [0, 0.05) is 18.3 Å². The Hall–Kier alpha value is -3.26. The minimum absolute atomic E-state index is 0.0362. The maximum absolute atomic E-state index is 12.7.